The van der Waals surface area contributed by atoms with Crippen molar-refractivity contribution < 1.29 is 0 Å². The molecule has 2 heterocycles. The van der Waals surface area contributed by atoms with Crippen molar-refractivity contribution in [3.05, 3.63) is 140 Å². The minimum atomic E-state index is 1.19. The fourth-order valence-electron chi connectivity index (χ4n) is 6.51. The van der Waals surface area contributed by atoms with Gasteiger partial charge in [0.15, 0.2) is 0 Å². The zero-order valence-electron chi connectivity index (χ0n) is 21.6. The van der Waals surface area contributed by atoms with E-state index in [9.17, 15) is 0 Å². The smallest absolute Gasteiger partial charge is 0.0719 e. The Balaban J connectivity index is 1.50. The lowest BCUT2D eigenvalue weighted by atomic mass is 9.97. The Morgan fingerprint density at radius 2 is 1.12 bits per heavy atom. The lowest BCUT2D eigenvalue weighted by Gasteiger charge is -2.14. The molecule has 0 N–H and O–H groups in total. The van der Waals surface area contributed by atoms with Crippen LogP contribution in [-0.2, 0) is 0 Å². The fourth-order valence-corrected chi connectivity index (χ4v) is 7.75. The molecule has 9 rings (SSSR count). The maximum Gasteiger partial charge on any atom is 0.0719 e. The first-order valence-corrected chi connectivity index (χ1v) is 14.5. The lowest BCUT2D eigenvalue weighted by Crippen LogP contribution is -1.96. The van der Waals surface area contributed by atoms with Gasteiger partial charge in [0.05, 0.1) is 15.7 Å². The average Bonchev–Trinajstić information content (AvgIpc) is 3.55. The molecule has 1 nitrogen and oxygen atoms in total. The van der Waals surface area contributed by atoms with Crippen molar-refractivity contribution in [2.24, 2.45) is 0 Å². The molecule has 0 aliphatic carbocycles. The summed E-state index contributed by atoms with van der Waals surface area (Å²) in [5, 5.41) is 10.3. The zero-order valence-corrected chi connectivity index (χ0v) is 22.5. The third kappa shape index (κ3) is 3.08. The van der Waals surface area contributed by atoms with Crippen molar-refractivity contribution >= 4 is 74.9 Å². The van der Waals surface area contributed by atoms with Gasteiger partial charge in [-0.05, 0) is 63.0 Å². The van der Waals surface area contributed by atoms with Crippen LogP contribution < -0.4 is 0 Å². The van der Waals surface area contributed by atoms with Gasteiger partial charge in [0.25, 0.3) is 0 Å². The van der Waals surface area contributed by atoms with Crippen molar-refractivity contribution in [1.29, 1.82) is 0 Å². The van der Waals surface area contributed by atoms with Crippen LogP contribution in [0.5, 0.6) is 0 Å². The van der Waals surface area contributed by atoms with Gasteiger partial charge in [0.1, 0.15) is 0 Å². The van der Waals surface area contributed by atoms with Crippen molar-refractivity contribution in [3.63, 3.8) is 0 Å². The van der Waals surface area contributed by atoms with E-state index in [2.05, 4.69) is 144 Å². The number of benzene rings is 7. The van der Waals surface area contributed by atoms with Gasteiger partial charge >= 0.3 is 0 Å². The number of hydrogen-bond donors (Lipinski definition) is 0. The van der Waals surface area contributed by atoms with Gasteiger partial charge in [-0.25, -0.2) is 0 Å². The highest BCUT2D eigenvalue weighted by molar-refractivity contribution is 7.26. The Morgan fingerprint density at radius 3 is 1.98 bits per heavy atom. The third-order valence-electron chi connectivity index (χ3n) is 8.33. The van der Waals surface area contributed by atoms with Crippen LogP contribution in [0.4, 0.5) is 0 Å². The number of hydrogen-bond acceptors (Lipinski definition) is 1. The number of nitrogens with zero attached hydrogens (tertiary/aromatic N) is 1. The Hall–Kier alpha value is -4.92. The van der Waals surface area contributed by atoms with Gasteiger partial charge in [-0.1, -0.05) is 109 Å². The molecular formula is C38H23NS. The van der Waals surface area contributed by atoms with E-state index in [0.717, 1.165) is 0 Å². The molecule has 40 heavy (non-hydrogen) atoms. The molecule has 0 aliphatic heterocycles. The molecule has 0 amide bonds. The van der Waals surface area contributed by atoms with Gasteiger partial charge in [0, 0.05) is 31.9 Å². The molecule has 186 valence electrons. The summed E-state index contributed by atoms with van der Waals surface area (Å²) in [6, 6.07) is 51.2. The van der Waals surface area contributed by atoms with Crippen LogP contribution in [0.3, 0.4) is 0 Å². The second-order valence-corrected chi connectivity index (χ2v) is 11.6. The molecule has 7 aromatic carbocycles. The quantitative estimate of drug-likeness (QED) is 0.211. The topological polar surface area (TPSA) is 4.93 Å². The Bertz CT molecular complexity index is 2420. The Kier molecular flexibility index (Phi) is 4.55. The molecule has 0 unspecified atom stereocenters. The lowest BCUT2D eigenvalue weighted by molar-refractivity contribution is 1.20. The summed E-state index contributed by atoms with van der Waals surface area (Å²) in [5.41, 5.74) is 6.22. The molecule has 0 fully saturated rings. The van der Waals surface area contributed by atoms with Gasteiger partial charge in [0.2, 0.25) is 0 Å². The highest BCUT2D eigenvalue weighted by Crippen LogP contribution is 2.44. The second kappa shape index (κ2) is 8.29. The standard InChI is InChI=1S/C38H23NS/c1-2-10-24(11-3-1)33-23-28(20-27-14-6-7-15-29(27)33)39-35-22-26-13-5-4-12-25(26)21-34(35)31-18-19-32-30-16-8-9-17-36(30)40-38(32)37(31)39/h1-23H. The monoisotopic (exact) mass is 525 g/mol. The summed E-state index contributed by atoms with van der Waals surface area (Å²) < 4.78 is 5.19. The SMILES string of the molecule is c1ccc(-c2cc(-n3c4cc5ccccc5cc4c4ccc5c6ccccc6sc5c43)cc3ccccc23)cc1. The molecule has 0 spiro atoms. The van der Waals surface area contributed by atoms with Gasteiger partial charge in [-0.15, -0.1) is 11.3 Å². The third-order valence-corrected chi connectivity index (χ3v) is 9.52. The Labute approximate surface area is 235 Å². The van der Waals surface area contributed by atoms with E-state index >= 15 is 0 Å². The van der Waals surface area contributed by atoms with Crippen molar-refractivity contribution in [2.45, 2.75) is 0 Å². The largest absolute Gasteiger partial charge is 0.308 e. The highest BCUT2D eigenvalue weighted by Gasteiger charge is 2.19. The summed E-state index contributed by atoms with van der Waals surface area (Å²) in [4.78, 5) is 0. The molecule has 0 bridgehead atoms. The zero-order chi connectivity index (χ0) is 26.2. The predicted octanol–water partition coefficient (Wildman–Crippen LogP) is 11.1. The van der Waals surface area contributed by atoms with E-state index in [-0.39, 0.29) is 0 Å². The average molecular weight is 526 g/mol. The van der Waals surface area contributed by atoms with E-state index in [1.807, 2.05) is 11.3 Å². The minimum absolute atomic E-state index is 1.19. The molecule has 9 aromatic rings. The van der Waals surface area contributed by atoms with E-state index < -0.39 is 0 Å². The van der Waals surface area contributed by atoms with Crippen LogP contribution in [0, 0.1) is 0 Å². The predicted molar refractivity (Wildman–Crippen MR) is 174 cm³/mol. The minimum Gasteiger partial charge on any atom is -0.308 e. The van der Waals surface area contributed by atoms with Crippen LogP contribution in [0.1, 0.15) is 0 Å². The van der Waals surface area contributed by atoms with E-state index in [1.165, 1.54) is 80.3 Å². The summed E-state index contributed by atoms with van der Waals surface area (Å²) >= 11 is 1.90. The summed E-state index contributed by atoms with van der Waals surface area (Å²) in [6.07, 6.45) is 0. The van der Waals surface area contributed by atoms with Gasteiger partial charge in [-0.3, -0.25) is 0 Å². The maximum absolute atomic E-state index is 2.52. The molecule has 2 heteroatoms. The molecule has 0 saturated carbocycles. The number of fused-ring (bicyclic) bond motifs is 9. The molecule has 0 atom stereocenters. The van der Waals surface area contributed by atoms with E-state index in [4.69, 9.17) is 0 Å². The first-order valence-electron chi connectivity index (χ1n) is 13.7. The molecule has 2 aromatic heterocycles. The molecule has 0 aliphatic rings. The van der Waals surface area contributed by atoms with Crippen molar-refractivity contribution in [2.75, 3.05) is 0 Å². The van der Waals surface area contributed by atoms with Gasteiger partial charge in [-0.2, -0.15) is 0 Å². The Morgan fingerprint density at radius 1 is 0.450 bits per heavy atom. The number of aromatic nitrogens is 1. The number of rotatable bonds is 2. The fraction of sp³-hybridized carbons (Fsp3) is 0. The molecule has 0 radical (unpaired) electrons. The van der Waals surface area contributed by atoms with Crippen LogP contribution in [0.25, 0.3) is 80.3 Å². The van der Waals surface area contributed by atoms with Crippen molar-refractivity contribution in [1.82, 2.24) is 4.57 Å². The summed E-state index contributed by atoms with van der Waals surface area (Å²) in [7, 11) is 0. The maximum atomic E-state index is 2.52. The first kappa shape index (κ1) is 22.0. The summed E-state index contributed by atoms with van der Waals surface area (Å²) in [5.74, 6) is 0. The molecule has 0 saturated heterocycles. The normalized spacial score (nSPS) is 12.0. The van der Waals surface area contributed by atoms with E-state index in [0.29, 0.717) is 0 Å². The van der Waals surface area contributed by atoms with Crippen LogP contribution >= 0.6 is 11.3 Å². The van der Waals surface area contributed by atoms with Crippen LogP contribution in [0.2, 0.25) is 0 Å². The molecular weight excluding hydrogens is 502 g/mol. The van der Waals surface area contributed by atoms with Crippen LogP contribution in [-0.4, -0.2) is 4.57 Å². The second-order valence-electron chi connectivity index (χ2n) is 10.6. The number of thiophene rings is 1. The van der Waals surface area contributed by atoms with E-state index in [1.54, 1.807) is 0 Å². The van der Waals surface area contributed by atoms with Gasteiger partial charge < -0.3 is 4.57 Å². The van der Waals surface area contributed by atoms with Crippen LogP contribution in [0.15, 0.2) is 140 Å². The highest BCUT2D eigenvalue weighted by atomic mass is 32.1. The van der Waals surface area contributed by atoms with Crippen molar-refractivity contribution in [3.8, 4) is 16.8 Å². The summed E-state index contributed by atoms with van der Waals surface area (Å²) in [6.45, 7) is 0. The first-order chi connectivity index (χ1) is 19.8.